The van der Waals surface area contributed by atoms with Crippen LogP contribution in [-0.2, 0) is 10.2 Å². The summed E-state index contributed by atoms with van der Waals surface area (Å²) in [4.78, 5) is 24.6. The smallest absolute Gasteiger partial charge is 0.324 e. The number of ether oxygens (including phenoxy) is 1. The Morgan fingerprint density at radius 1 is 1.21 bits per heavy atom. The fraction of sp³-hybridized carbons (Fsp3) is 0.739. The molecule has 0 N–H and O–H groups in total. The van der Waals surface area contributed by atoms with Gasteiger partial charge in [0.1, 0.15) is 0 Å². The third-order valence-corrected chi connectivity index (χ3v) is 6.97. The van der Waals surface area contributed by atoms with E-state index in [0.717, 1.165) is 68.7 Å². The van der Waals surface area contributed by atoms with E-state index in [-0.39, 0.29) is 11.4 Å². The zero-order valence-corrected chi connectivity index (χ0v) is 18.5. The van der Waals surface area contributed by atoms with E-state index < -0.39 is 0 Å². The predicted octanol–water partition coefficient (Wildman–Crippen LogP) is 3.43. The van der Waals surface area contributed by atoms with Gasteiger partial charge in [-0.25, -0.2) is 4.79 Å². The van der Waals surface area contributed by atoms with Gasteiger partial charge in [-0.05, 0) is 57.7 Å². The van der Waals surface area contributed by atoms with Crippen molar-refractivity contribution in [3.63, 3.8) is 0 Å². The van der Waals surface area contributed by atoms with E-state index in [0.29, 0.717) is 12.6 Å². The van der Waals surface area contributed by atoms with Crippen molar-refractivity contribution in [2.45, 2.75) is 57.9 Å². The first-order chi connectivity index (χ1) is 13.8. The molecule has 2 amide bonds. The molecule has 4 rings (SSSR count). The number of anilines is 1. The number of carbonyl (C=O) groups excluding carboxylic acids is 1. The second kappa shape index (κ2) is 8.23. The van der Waals surface area contributed by atoms with Crippen molar-refractivity contribution in [3.05, 3.63) is 23.5 Å². The number of urea groups is 1. The van der Waals surface area contributed by atoms with Crippen molar-refractivity contribution in [3.8, 4) is 0 Å². The third-order valence-electron chi connectivity index (χ3n) is 6.97. The lowest BCUT2D eigenvalue weighted by molar-refractivity contribution is 0.0447. The first kappa shape index (κ1) is 20.6. The van der Waals surface area contributed by atoms with Crippen LogP contribution in [0.5, 0.6) is 0 Å². The molecule has 29 heavy (non-hydrogen) atoms. The Balaban J connectivity index is 1.35. The lowest BCUT2D eigenvalue weighted by atomic mass is 9.91. The first-order valence-electron chi connectivity index (χ1n) is 11.2. The zero-order valence-electron chi connectivity index (χ0n) is 18.5. The van der Waals surface area contributed by atoms with Crippen molar-refractivity contribution < 1.29 is 9.53 Å². The molecule has 6 heteroatoms. The van der Waals surface area contributed by atoms with E-state index in [2.05, 4.69) is 31.9 Å². The summed E-state index contributed by atoms with van der Waals surface area (Å²) in [7, 11) is 2.25. The highest BCUT2D eigenvalue weighted by Gasteiger charge is 2.41. The number of rotatable bonds is 3. The van der Waals surface area contributed by atoms with Crippen molar-refractivity contribution in [1.29, 1.82) is 0 Å². The molecule has 0 aromatic carbocycles. The lowest BCUT2D eigenvalue weighted by Crippen LogP contribution is -2.51. The minimum atomic E-state index is -0.0980. The summed E-state index contributed by atoms with van der Waals surface area (Å²) >= 11 is 0. The molecule has 160 valence electrons. The molecular weight excluding hydrogens is 364 g/mol. The number of likely N-dealkylation sites (tertiary alicyclic amines) is 1. The number of hydrogen-bond donors (Lipinski definition) is 0. The van der Waals surface area contributed by atoms with Gasteiger partial charge in [0.15, 0.2) is 0 Å². The Labute approximate surface area is 175 Å². The fourth-order valence-corrected chi connectivity index (χ4v) is 5.15. The van der Waals surface area contributed by atoms with Crippen LogP contribution in [0.15, 0.2) is 12.1 Å². The molecule has 0 saturated carbocycles. The minimum Gasteiger partial charge on any atom is -0.381 e. The van der Waals surface area contributed by atoms with Crippen molar-refractivity contribution in [1.82, 2.24) is 14.8 Å². The van der Waals surface area contributed by atoms with Gasteiger partial charge in [0.05, 0.1) is 11.4 Å². The van der Waals surface area contributed by atoms with E-state index in [1.165, 1.54) is 12.8 Å². The highest BCUT2D eigenvalue weighted by atomic mass is 16.5. The van der Waals surface area contributed by atoms with Gasteiger partial charge in [0.2, 0.25) is 0 Å². The van der Waals surface area contributed by atoms with E-state index in [1.807, 2.05) is 22.8 Å². The molecule has 0 atom stereocenters. The number of pyridine rings is 1. The van der Waals surface area contributed by atoms with Gasteiger partial charge in [0.25, 0.3) is 0 Å². The average Bonchev–Trinajstić information content (AvgIpc) is 2.98. The molecule has 0 bridgehead atoms. The SMILES string of the molecule is Cc1ccc2c(n1)C(C)(C)CN2C(=O)N1CCC(N(C)CC2CCOCC2)CC1. The van der Waals surface area contributed by atoms with E-state index >= 15 is 0 Å². The predicted molar refractivity (Wildman–Crippen MR) is 116 cm³/mol. The van der Waals surface area contributed by atoms with Crippen LogP contribution in [0.2, 0.25) is 0 Å². The monoisotopic (exact) mass is 400 g/mol. The van der Waals surface area contributed by atoms with Crippen molar-refractivity contribution in [2.24, 2.45) is 5.92 Å². The molecule has 3 aliphatic heterocycles. The van der Waals surface area contributed by atoms with E-state index in [9.17, 15) is 4.79 Å². The van der Waals surface area contributed by atoms with Gasteiger partial charge in [-0.2, -0.15) is 0 Å². The Bertz CT molecular complexity index is 736. The van der Waals surface area contributed by atoms with Crippen LogP contribution < -0.4 is 4.90 Å². The maximum absolute atomic E-state index is 13.3. The molecule has 1 aromatic heterocycles. The quantitative estimate of drug-likeness (QED) is 0.780. The highest BCUT2D eigenvalue weighted by Crippen LogP contribution is 2.40. The van der Waals surface area contributed by atoms with Crippen LogP contribution in [0.3, 0.4) is 0 Å². The molecule has 6 nitrogen and oxygen atoms in total. The summed E-state index contributed by atoms with van der Waals surface area (Å²) < 4.78 is 5.49. The topological polar surface area (TPSA) is 48.9 Å². The van der Waals surface area contributed by atoms with E-state index in [4.69, 9.17) is 9.72 Å². The highest BCUT2D eigenvalue weighted by molar-refractivity contribution is 5.94. The molecule has 0 aliphatic carbocycles. The number of fused-ring (bicyclic) bond motifs is 1. The van der Waals surface area contributed by atoms with Crippen LogP contribution >= 0.6 is 0 Å². The molecule has 0 radical (unpaired) electrons. The summed E-state index contributed by atoms with van der Waals surface area (Å²) in [5.74, 6) is 0.757. The second-order valence-corrected chi connectivity index (χ2v) is 9.79. The Kier molecular flexibility index (Phi) is 5.85. The summed E-state index contributed by atoms with van der Waals surface area (Å²) in [5, 5.41) is 0. The van der Waals surface area contributed by atoms with Gasteiger partial charge in [-0.3, -0.25) is 9.88 Å². The maximum atomic E-state index is 13.3. The van der Waals surface area contributed by atoms with Crippen molar-refractivity contribution >= 4 is 11.7 Å². The number of carbonyl (C=O) groups is 1. The van der Waals surface area contributed by atoms with Crippen LogP contribution in [0.1, 0.15) is 50.9 Å². The summed E-state index contributed by atoms with van der Waals surface area (Å²) in [6.07, 6.45) is 4.47. The molecule has 2 fully saturated rings. The number of amides is 2. The number of nitrogens with zero attached hydrogens (tertiary/aromatic N) is 4. The number of hydrogen-bond acceptors (Lipinski definition) is 4. The normalized spacial score (nSPS) is 22.9. The molecule has 4 heterocycles. The molecule has 0 spiro atoms. The molecule has 0 unspecified atom stereocenters. The van der Waals surface area contributed by atoms with Gasteiger partial charge in [0, 0.05) is 56.5 Å². The molecule has 2 saturated heterocycles. The van der Waals surface area contributed by atoms with Crippen LogP contribution in [0.4, 0.5) is 10.5 Å². The summed E-state index contributed by atoms with van der Waals surface area (Å²) in [5.41, 5.74) is 2.96. The second-order valence-electron chi connectivity index (χ2n) is 9.79. The van der Waals surface area contributed by atoms with Crippen LogP contribution in [0.25, 0.3) is 0 Å². The summed E-state index contributed by atoms with van der Waals surface area (Å²) in [6.45, 7) is 11.7. The Morgan fingerprint density at radius 2 is 1.90 bits per heavy atom. The molecule has 1 aromatic rings. The van der Waals surface area contributed by atoms with Gasteiger partial charge < -0.3 is 14.5 Å². The van der Waals surface area contributed by atoms with Gasteiger partial charge in [-0.15, -0.1) is 0 Å². The van der Waals surface area contributed by atoms with E-state index in [1.54, 1.807) is 0 Å². The number of aryl methyl sites for hydroxylation is 1. The number of aromatic nitrogens is 1. The third kappa shape index (κ3) is 4.29. The van der Waals surface area contributed by atoms with Crippen molar-refractivity contribution in [2.75, 3.05) is 51.3 Å². The Hall–Kier alpha value is -1.66. The number of piperidine rings is 1. The van der Waals surface area contributed by atoms with Gasteiger partial charge >= 0.3 is 6.03 Å². The fourth-order valence-electron chi connectivity index (χ4n) is 5.15. The largest absolute Gasteiger partial charge is 0.381 e. The maximum Gasteiger partial charge on any atom is 0.324 e. The lowest BCUT2D eigenvalue weighted by Gasteiger charge is -2.39. The zero-order chi connectivity index (χ0) is 20.6. The summed E-state index contributed by atoms with van der Waals surface area (Å²) in [6, 6.07) is 4.80. The molecule has 3 aliphatic rings. The Morgan fingerprint density at radius 3 is 2.59 bits per heavy atom. The first-order valence-corrected chi connectivity index (χ1v) is 11.2. The van der Waals surface area contributed by atoms with Crippen LogP contribution in [-0.4, -0.2) is 73.3 Å². The molecular formula is C23H36N4O2. The van der Waals surface area contributed by atoms with Crippen LogP contribution in [0, 0.1) is 12.8 Å². The average molecular weight is 401 g/mol. The standard InChI is InChI=1S/C23H36N4O2/c1-17-5-6-20-21(24-17)23(2,3)16-27(20)22(28)26-11-7-19(8-12-26)25(4)15-18-9-13-29-14-10-18/h5-6,18-19H,7-16H2,1-4H3. The van der Waals surface area contributed by atoms with Gasteiger partial charge in [-0.1, -0.05) is 13.8 Å². The minimum absolute atomic E-state index is 0.0980.